The van der Waals surface area contributed by atoms with Gasteiger partial charge in [0.1, 0.15) is 5.75 Å². The van der Waals surface area contributed by atoms with E-state index in [0.717, 1.165) is 16.9 Å². The molecule has 0 saturated carbocycles. The molecule has 4 aromatic rings. The summed E-state index contributed by atoms with van der Waals surface area (Å²) in [5.41, 5.74) is 3.99. The van der Waals surface area contributed by atoms with E-state index >= 15 is 0 Å². The number of anilines is 2. The number of methoxy groups -OCH3 is 1. The number of hydrogen-bond donors (Lipinski definition) is 2. The molecule has 0 spiro atoms. The molecule has 0 aliphatic rings. The second kappa shape index (κ2) is 10.6. The Balaban J connectivity index is 1.38. The van der Waals surface area contributed by atoms with Gasteiger partial charge in [-0.3, -0.25) is 14.9 Å². The fourth-order valence-electron chi connectivity index (χ4n) is 3.38. The Morgan fingerprint density at radius 3 is 2.39 bits per heavy atom. The first-order valence-electron chi connectivity index (χ1n) is 10.4. The predicted octanol–water partition coefficient (Wildman–Crippen LogP) is 5.18. The third kappa shape index (κ3) is 6.05. The topological polar surface area (TPSA) is 80.3 Å². The predicted molar refractivity (Wildman–Crippen MR) is 131 cm³/mol. The molecule has 0 bridgehead atoms. The van der Waals surface area contributed by atoms with Crippen molar-refractivity contribution in [2.75, 3.05) is 17.7 Å². The van der Waals surface area contributed by atoms with E-state index in [9.17, 15) is 9.59 Å². The Morgan fingerprint density at radius 2 is 1.67 bits per heavy atom. The zero-order valence-corrected chi connectivity index (χ0v) is 18.9. The molecule has 0 saturated heterocycles. The van der Waals surface area contributed by atoms with Crippen molar-refractivity contribution >= 4 is 34.0 Å². The van der Waals surface area contributed by atoms with Crippen LogP contribution in [-0.4, -0.2) is 23.9 Å². The summed E-state index contributed by atoms with van der Waals surface area (Å²) in [4.78, 5) is 29.2. The molecular formula is C26H23N3O3S. The Hall–Kier alpha value is -3.97. The number of carbonyl (C=O) groups is 2. The van der Waals surface area contributed by atoms with Crippen LogP contribution in [0.3, 0.4) is 0 Å². The standard InChI is InChI=1S/C26H23N3O3S/c1-32-23-13-12-21(15-20(23)14-18-8-4-2-5-9-18)27-24(30)16-22-17-33-26(28-22)29-25(31)19-10-6-3-7-11-19/h2-13,15,17H,14,16H2,1H3,(H,27,30)(H,28,29,31). The fourth-order valence-corrected chi connectivity index (χ4v) is 4.09. The highest BCUT2D eigenvalue weighted by Gasteiger charge is 2.12. The Labute approximate surface area is 196 Å². The number of thiazole rings is 1. The first-order chi connectivity index (χ1) is 16.1. The number of ether oxygens (including phenoxy) is 1. The number of nitrogens with one attached hydrogen (secondary N) is 2. The van der Waals surface area contributed by atoms with Crippen LogP contribution in [0.15, 0.2) is 84.2 Å². The van der Waals surface area contributed by atoms with E-state index in [1.54, 1.807) is 36.8 Å². The normalized spacial score (nSPS) is 10.5. The highest BCUT2D eigenvalue weighted by molar-refractivity contribution is 7.14. The maximum atomic E-state index is 12.6. The van der Waals surface area contributed by atoms with Crippen molar-refractivity contribution < 1.29 is 14.3 Å². The maximum Gasteiger partial charge on any atom is 0.257 e. The van der Waals surface area contributed by atoms with Gasteiger partial charge < -0.3 is 10.1 Å². The van der Waals surface area contributed by atoms with Crippen LogP contribution >= 0.6 is 11.3 Å². The lowest BCUT2D eigenvalue weighted by atomic mass is 10.0. The van der Waals surface area contributed by atoms with Crippen molar-refractivity contribution in [1.82, 2.24) is 4.98 Å². The molecule has 2 amide bonds. The van der Waals surface area contributed by atoms with Crippen LogP contribution in [0.1, 0.15) is 27.2 Å². The number of carbonyl (C=O) groups excluding carboxylic acids is 2. The van der Waals surface area contributed by atoms with Gasteiger partial charge in [0.05, 0.1) is 19.2 Å². The molecule has 0 aliphatic heterocycles. The van der Waals surface area contributed by atoms with Crippen molar-refractivity contribution in [3.63, 3.8) is 0 Å². The van der Waals surface area contributed by atoms with Gasteiger partial charge in [-0.15, -0.1) is 11.3 Å². The minimum atomic E-state index is -0.231. The SMILES string of the molecule is COc1ccc(NC(=O)Cc2csc(NC(=O)c3ccccc3)n2)cc1Cc1ccccc1. The highest BCUT2D eigenvalue weighted by Crippen LogP contribution is 2.25. The summed E-state index contributed by atoms with van der Waals surface area (Å²) < 4.78 is 5.48. The molecule has 0 unspecified atom stereocenters. The third-order valence-electron chi connectivity index (χ3n) is 4.95. The first-order valence-corrected chi connectivity index (χ1v) is 11.3. The molecule has 0 radical (unpaired) electrons. The van der Waals surface area contributed by atoms with Gasteiger partial charge in [-0.25, -0.2) is 4.98 Å². The number of nitrogens with zero attached hydrogens (tertiary/aromatic N) is 1. The van der Waals surface area contributed by atoms with Crippen LogP contribution < -0.4 is 15.4 Å². The van der Waals surface area contributed by atoms with Gasteiger partial charge in [0.2, 0.25) is 5.91 Å². The molecule has 7 heteroatoms. The molecule has 0 aliphatic carbocycles. The summed E-state index contributed by atoms with van der Waals surface area (Å²) in [6.07, 6.45) is 0.808. The number of rotatable bonds is 8. The van der Waals surface area contributed by atoms with Crippen LogP contribution in [0, 0.1) is 0 Å². The molecule has 0 fully saturated rings. The van der Waals surface area contributed by atoms with Crippen molar-refractivity contribution in [2.24, 2.45) is 0 Å². The third-order valence-corrected chi connectivity index (χ3v) is 5.76. The lowest BCUT2D eigenvalue weighted by Gasteiger charge is -2.12. The molecule has 1 aromatic heterocycles. The molecular weight excluding hydrogens is 434 g/mol. The molecule has 33 heavy (non-hydrogen) atoms. The smallest absolute Gasteiger partial charge is 0.257 e. The first kappa shape index (κ1) is 22.2. The van der Waals surface area contributed by atoms with Gasteiger partial charge in [-0.2, -0.15) is 0 Å². The van der Waals surface area contributed by atoms with Crippen molar-refractivity contribution in [2.45, 2.75) is 12.8 Å². The van der Waals surface area contributed by atoms with Gasteiger partial charge in [0.25, 0.3) is 5.91 Å². The van der Waals surface area contributed by atoms with E-state index in [4.69, 9.17) is 4.74 Å². The zero-order chi connectivity index (χ0) is 23.0. The van der Waals surface area contributed by atoms with E-state index in [0.29, 0.717) is 28.5 Å². The van der Waals surface area contributed by atoms with Crippen molar-refractivity contribution in [3.8, 4) is 5.75 Å². The van der Waals surface area contributed by atoms with E-state index < -0.39 is 0 Å². The molecule has 3 aromatic carbocycles. The van der Waals surface area contributed by atoms with Crippen LogP contribution in [0.5, 0.6) is 5.75 Å². The number of hydrogen-bond acceptors (Lipinski definition) is 5. The Bertz CT molecular complexity index is 1240. The highest BCUT2D eigenvalue weighted by atomic mass is 32.1. The second-order valence-corrected chi connectivity index (χ2v) is 8.24. The van der Waals surface area contributed by atoms with Gasteiger partial charge in [-0.1, -0.05) is 48.5 Å². The van der Waals surface area contributed by atoms with Gasteiger partial charge >= 0.3 is 0 Å². The minimum absolute atomic E-state index is 0.109. The van der Waals surface area contributed by atoms with E-state index in [1.807, 2.05) is 42.5 Å². The largest absolute Gasteiger partial charge is 0.496 e. The van der Waals surface area contributed by atoms with Gasteiger partial charge in [-0.05, 0) is 35.9 Å². The monoisotopic (exact) mass is 457 g/mol. The average Bonchev–Trinajstić information content (AvgIpc) is 3.27. The average molecular weight is 458 g/mol. The molecule has 0 atom stereocenters. The zero-order valence-electron chi connectivity index (χ0n) is 18.1. The Kier molecular flexibility index (Phi) is 7.12. The summed E-state index contributed by atoms with van der Waals surface area (Å²) in [6.45, 7) is 0. The molecule has 6 nitrogen and oxygen atoms in total. The van der Waals surface area contributed by atoms with E-state index in [2.05, 4.69) is 27.8 Å². The van der Waals surface area contributed by atoms with Crippen LogP contribution in [0.2, 0.25) is 0 Å². The van der Waals surface area contributed by atoms with Crippen LogP contribution in [-0.2, 0) is 17.6 Å². The summed E-state index contributed by atoms with van der Waals surface area (Å²) in [7, 11) is 1.64. The number of aromatic nitrogens is 1. The van der Waals surface area contributed by atoms with Gasteiger partial charge in [0, 0.05) is 28.6 Å². The summed E-state index contributed by atoms with van der Waals surface area (Å²) in [5, 5.41) is 7.93. The molecule has 166 valence electrons. The maximum absolute atomic E-state index is 12.6. The molecule has 1 heterocycles. The number of amides is 2. The lowest BCUT2D eigenvalue weighted by molar-refractivity contribution is -0.115. The summed E-state index contributed by atoms with van der Waals surface area (Å²) in [6, 6.07) is 24.6. The van der Waals surface area contributed by atoms with Crippen LogP contribution in [0.4, 0.5) is 10.8 Å². The van der Waals surface area contributed by atoms with Crippen molar-refractivity contribution in [1.29, 1.82) is 0 Å². The summed E-state index contributed by atoms with van der Waals surface area (Å²) in [5.74, 6) is 0.359. The van der Waals surface area contributed by atoms with Crippen LogP contribution in [0.25, 0.3) is 0 Å². The fraction of sp³-hybridized carbons (Fsp3) is 0.115. The lowest BCUT2D eigenvalue weighted by Crippen LogP contribution is -2.15. The van der Waals surface area contributed by atoms with E-state index in [-0.39, 0.29) is 18.2 Å². The molecule has 2 N–H and O–H groups in total. The van der Waals surface area contributed by atoms with Crippen molar-refractivity contribution in [3.05, 3.63) is 107 Å². The summed E-state index contributed by atoms with van der Waals surface area (Å²) >= 11 is 1.29. The quantitative estimate of drug-likeness (QED) is 0.382. The molecule has 4 rings (SSSR count). The van der Waals surface area contributed by atoms with E-state index in [1.165, 1.54) is 11.3 Å². The van der Waals surface area contributed by atoms with Gasteiger partial charge in [0.15, 0.2) is 5.13 Å². The second-order valence-electron chi connectivity index (χ2n) is 7.38. The Morgan fingerprint density at radius 1 is 0.939 bits per heavy atom. The minimum Gasteiger partial charge on any atom is -0.496 e. The number of benzene rings is 3.